The van der Waals surface area contributed by atoms with Crippen LogP contribution in [0.3, 0.4) is 0 Å². The van der Waals surface area contributed by atoms with Crippen LogP contribution in [0, 0.1) is 0 Å². The van der Waals surface area contributed by atoms with Crippen LogP contribution < -0.4 is 10.5 Å². The molecular formula is C16H21NO. The summed E-state index contributed by atoms with van der Waals surface area (Å²) in [5, 5.41) is 2.44. The SMILES string of the molecule is CCC[C@H](N)c1c(OCC)ccc2ccccc12. The molecule has 0 saturated carbocycles. The van der Waals surface area contributed by atoms with E-state index in [0.717, 1.165) is 24.2 Å². The van der Waals surface area contributed by atoms with Crippen LogP contribution in [-0.4, -0.2) is 6.61 Å². The van der Waals surface area contributed by atoms with Crippen molar-refractivity contribution in [2.75, 3.05) is 6.61 Å². The molecule has 18 heavy (non-hydrogen) atoms. The number of nitrogens with two attached hydrogens (primary N) is 1. The van der Waals surface area contributed by atoms with Gasteiger partial charge in [-0.2, -0.15) is 0 Å². The van der Waals surface area contributed by atoms with E-state index in [0.29, 0.717) is 6.61 Å². The van der Waals surface area contributed by atoms with Crippen LogP contribution in [0.15, 0.2) is 36.4 Å². The second-order valence-corrected chi connectivity index (χ2v) is 4.53. The van der Waals surface area contributed by atoms with E-state index in [-0.39, 0.29) is 6.04 Å². The lowest BCUT2D eigenvalue weighted by atomic mass is 9.95. The minimum Gasteiger partial charge on any atom is -0.494 e. The van der Waals surface area contributed by atoms with Gasteiger partial charge in [0.05, 0.1) is 6.61 Å². The third kappa shape index (κ3) is 2.49. The van der Waals surface area contributed by atoms with Crippen molar-refractivity contribution in [1.29, 1.82) is 0 Å². The smallest absolute Gasteiger partial charge is 0.124 e. The van der Waals surface area contributed by atoms with E-state index >= 15 is 0 Å². The van der Waals surface area contributed by atoms with E-state index in [2.05, 4.69) is 37.3 Å². The molecule has 0 bridgehead atoms. The van der Waals surface area contributed by atoms with Crippen LogP contribution in [-0.2, 0) is 0 Å². The van der Waals surface area contributed by atoms with Gasteiger partial charge in [-0.1, -0.05) is 43.7 Å². The fourth-order valence-corrected chi connectivity index (χ4v) is 2.39. The zero-order valence-electron chi connectivity index (χ0n) is 11.1. The Hall–Kier alpha value is -1.54. The molecule has 2 nitrogen and oxygen atoms in total. The van der Waals surface area contributed by atoms with Crippen LogP contribution in [0.1, 0.15) is 38.3 Å². The van der Waals surface area contributed by atoms with Gasteiger partial charge in [-0.15, -0.1) is 0 Å². The van der Waals surface area contributed by atoms with Gasteiger partial charge in [-0.25, -0.2) is 0 Å². The molecule has 0 unspecified atom stereocenters. The van der Waals surface area contributed by atoms with Crippen LogP contribution in [0.4, 0.5) is 0 Å². The molecule has 2 rings (SSSR count). The maximum atomic E-state index is 6.32. The Morgan fingerprint density at radius 1 is 1.11 bits per heavy atom. The summed E-state index contributed by atoms with van der Waals surface area (Å²) in [6.45, 7) is 4.83. The molecule has 0 amide bonds. The van der Waals surface area contributed by atoms with E-state index in [1.165, 1.54) is 10.8 Å². The van der Waals surface area contributed by atoms with Crippen molar-refractivity contribution in [3.8, 4) is 5.75 Å². The lowest BCUT2D eigenvalue weighted by Gasteiger charge is -2.18. The molecule has 0 aromatic heterocycles. The van der Waals surface area contributed by atoms with Crippen molar-refractivity contribution >= 4 is 10.8 Å². The molecule has 0 spiro atoms. The molecule has 0 heterocycles. The third-order valence-electron chi connectivity index (χ3n) is 3.20. The molecule has 2 aromatic rings. The fourth-order valence-electron chi connectivity index (χ4n) is 2.39. The standard InChI is InChI=1S/C16H21NO/c1-3-7-14(17)16-13-9-6-5-8-12(13)10-11-15(16)18-4-2/h5-6,8-11,14H,3-4,7,17H2,1-2H3/t14-/m0/s1. The molecule has 0 fully saturated rings. The fraction of sp³-hybridized carbons (Fsp3) is 0.375. The predicted molar refractivity (Wildman–Crippen MR) is 77.0 cm³/mol. The average molecular weight is 243 g/mol. The Balaban J connectivity index is 2.58. The second kappa shape index (κ2) is 5.87. The summed E-state index contributed by atoms with van der Waals surface area (Å²) in [5.74, 6) is 0.928. The minimum atomic E-state index is 0.0441. The van der Waals surface area contributed by atoms with Gasteiger partial charge < -0.3 is 10.5 Å². The molecule has 0 aliphatic heterocycles. The number of fused-ring (bicyclic) bond motifs is 1. The largest absolute Gasteiger partial charge is 0.494 e. The third-order valence-corrected chi connectivity index (χ3v) is 3.20. The van der Waals surface area contributed by atoms with Gasteiger partial charge in [0.1, 0.15) is 5.75 Å². The Labute approximate surface area is 109 Å². The summed E-state index contributed by atoms with van der Waals surface area (Å²) in [6.07, 6.45) is 2.06. The summed E-state index contributed by atoms with van der Waals surface area (Å²) in [7, 11) is 0. The van der Waals surface area contributed by atoms with Gasteiger partial charge in [-0.3, -0.25) is 0 Å². The number of ether oxygens (including phenoxy) is 1. The first-order chi connectivity index (χ1) is 8.77. The zero-order valence-corrected chi connectivity index (χ0v) is 11.1. The highest BCUT2D eigenvalue weighted by Gasteiger charge is 2.15. The zero-order chi connectivity index (χ0) is 13.0. The Bertz CT molecular complexity index is 521. The monoisotopic (exact) mass is 243 g/mol. The van der Waals surface area contributed by atoms with Crippen LogP contribution >= 0.6 is 0 Å². The van der Waals surface area contributed by atoms with Crippen molar-refractivity contribution in [2.24, 2.45) is 5.73 Å². The normalized spacial score (nSPS) is 12.6. The van der Waals surface area contributed by atoms with E-state index in [1.807, 2.05) is 13.0 Å². The summed E-state index contributed by atoms with van der Waals surface area (Å²) < 4.78 is 5.73. The Kier molecular flexibility index (Phi) is 4.21. The lowest BCUT2D eigenvalue weighted by molar-refractivity contribution is 0.334. The van der Waals surface area contributed by atoms with Crippen LogP contribution in [0.25, 0.3) is 10.8 Å². The molecule has 0 radical (unpaired) electrons. The number of hydrogen-bond donors (Lipinski definition) is 1. The molecule has 0 saturated heterocycles. The van der Waals surface area contributed by atoms with Crippen molar-refractivity contribution in [1.82, 2.24) is 0 Å². The molecule has 2 heteroatoms. The van der Waals surface area contributed by atoms with E-state index in [1.54, 1.807) is 0 Å². The molecule has 2 aromatic carbocycles. The van der Waals surface area contributed by atoms with Crippen LogP contribution in [0.5, 0.6) is 5.75 Å². The van der Waals surface area contributed by atoms with Crippen molar-refractivity contribution in [2.45, 2.75) is 32.7 Å². The second-order valence-electron chi connectivity index (χ2n) is 4.53. The summed E-state index contributed by atoms with van der Waals surface area (Å²) in [4.78, 5) is 0. The van der Waals surface area contributed by atoms with Crippen molar-refractivity contribution < 1.29 is 4.74 Å². The highest BCUT2D eigenvalue weighted by Crippen LogP contribution is 2.33. The molecule has 1 atom stereocenters. The first-order valence-corrected chi connectivity index (χ1v) is 6.68. The van der Waals surface area contributed by atoms with Crippen molar-refractivity contribution in [3.63, 3.8) is 0 Å². The van der Waals surface area contributed by atoms with E-state index in [9.17, 15) is 0 Å². The Morgan fingerprint density at radius 2 is 1.89 bits per heavy atom. The molecular weight excluding hydrogens is 222 g/mol. The number of rotatable bonds is 5. The maximum absolute atomic E-state index is 6.32. The maximum Gasteiger partial charge on any atom is 0.124 e. The highest BCUT2D eigenvalue weighted by molar-refractivity contribution is 5.88. The summed E-state index contributed by atoms with van der Waals surface area (Å²) >= 11 is 0. The first-order valence-electron chi connectivity index (χ1n) is 6.68. The van der Waals surface area contributed by atoms with Gasteiger partial charge in [0.2, 0.25) is 0 Å². The molecule has 0 aliphatic rings. The molecule has 2 N–H and O–H groups in total. The van der Waals surface area contributed by atoms with Gasteiger partial charge in [-0.05, 0) is 30.2 Å². The topological polar surface area (TPSA) is 35.2 Å². The summed E-state index contributed by atoms with van der Waals surface area (Å²) in [5.41, 5.74) is 7.47. The summed E-state index contributed by atoms with van der Waals surface area (Å²) in [6, 6.07) is 12.5. The number of benzene rings is 2. The first kappa shape index (κ1) is 12.9. The predicted octanol–water partition coefficient (Wildman–Crippen LogP) is 4.04. The Morgan fingerprint density at radius 3 is 2.61 bits per heavy atom. The van der Waals surface area contributed by atoms with Gasteiger partial charge in [0.15, 0.2) is 0 Å². The van der Waals surface area contributed by atoms with Gasteiger partial charge in [0.25, 0.3) is 0 Å². The molecule has 96 valence electrons. The average Bonchev–Trinajstić information content (AvgIpc) is 2.39. The van der Waals surface area contributed by atoms with Crippen molar-refractivity contribution in [3.05, 3.63) is 42.0 Å². The quantitative estimate of drug-likeness (QED) is 0.860. The minimum absolute atomic E-state index is 0.0441. The lowest BCUT2D eigenvalue weighted by Crippen LogP contribution is -2.12. The van der Waals surface area contributed by atoms with Gasteiger partial charge in [0, 0.05) is 11.6 Å². The van der Waals surface area contributed by atoms with Gasteiger partial charge >= 0.3 is 0 Å². The van der Waals surface area contributed by atoms with Crippen LogP contribution in [0.2, 0.25) is 0 Å². The van der Waals surface area contributed by atoms with E-state index in [4.69, 9.17) is 10.5 Å². The molecule has 0 aliphatic carbocycles. The highest BCUT2D eigenvalue weighted by atomic mass is 16.5. The van der Waals surface area contributed by atoms with E-state index < -0.39 is 0 Å². The number of hydrogen-bond acceptors (Lipinski definition) is 2.